The van der Waals surface area contributed by atoms with Crippen LogP contribution >= 0.6 is 0 Å². The molecule has 1 N–H and O–H groups in total. The standard InChI is InChI=1S/C20H20N2O2/c1-2-14-5-3-6-16-17(13-21-19(14)16)15-8-10-22(11-9-15)20(23)18-7-4-12-24-18/h3-8,12-13,21H,2,9-11H2,1H3. The SMILES string of the molecule is CCc1cccc2c(C3=CCN(C(=O)c4ccco4)CC3)c[nH]c12. The molecular formula is C20H20N2O2. The monoisotopic (exact) mass is 320 g/mol. The molecule has 1 aromatic carbocycles. The highest BCUT2D eigenvalue weighted by Crippen LogP contribution is 2.31. The maximum atomic E-state index is 12.3. The summed E-state index contributed by atoms with van der Waals surface area (Å²) in [7, 11) is 0. The minimum Gasteiger partial charge on any atom is -0.459 e. The third-order valence-corrected chi connectivity index (χ3v) is 4.76. The van der Waals surface area contributed by atoms with Gasteiger partial charge in [0.2, 0.25) is 0 Å². The van der Waals surface area contributed by atoms with Gasteiger partial charge in [-0.15, -0.1) is 0 Å². The average molecular weight is 320 g/mol. The van der Waals surface area contributed by atoms with Gasteiger partial charge < -0.3 is 14.3 Å². The minimum absolute atomic E-state index is 0.0394. The van der Waals surface area contributed by atoms with Crippen LogP contribution in [0.2, 0.25) is 0 Å². The molecule has 0 saturated heterocycles. The number of aromatic nitrogens is 1. The van der Waals surface area contributed by atoms with Gasteiger partial charge in [-0.05, 0) is 36.1 Å². The number of aryl methyl sites for hydroxylation is 1. The van der Waals surface area contributed by atoms with Crippen LogP contribution in [-0.2, 0) is 6.42 Å². The van der Waals surface area contributed by atoms with E-state index in [-0.39, 0.29) is 5.91 Å². The number of nitrogens with one attached hydrogen (secondary N) is 1. The molecule has 0 fully saturated rings. The average Bonchev–Trinajstić information content (AvgIpc) is 3.30. The van der Waals surface area contributed by atoms with Crippen LogP contribution in [-0.4, -0.2) is 28.9 Å². The number of furan rings is 1. The smallest absolute Gasteiger partial charge is 0.289 e. The molecule has 0 aliphatic carbocycles. The Kier molecular flexibility index (Phi) is 3.73. The molecule has 4 rings (SSSR count). The number of carbonyl (C=O) groups is 1. The number of aromatic amines is 1. The summed E-state index contributed by atoms with van der Waals surface area (Å²) in [4.78, 5) is 17.6. The Morgan fingerprint density at radius 1 is 1.29 bits per heavy atom. The van der Waals surface area contributed by atoms with E-state index in [1.54, 1.807) is 12.1 Å². The molecule has 0 unspecified atom stereocenters. The van der Waals surface area contributed by atoms with Crippen LogP contribution in [0.5, 0.6) is 0 Å². The lowest BCUT2D eigenvalue weighted by Crippen LogP contribution is -2.34. The van der Waals surface area contributed by atoms with E-state index in [0.717, 1.165) is 12.8 Å². The van der Waals surface area contributed by atoms with Crippen molar-refractivity contribution in [1.29, 1.82) is 0 Å². The van der Waals surface area contributed by atoms with Crippen LogP contribution in [0.4, 0.5) is 0 Å². The van der Waals surface area contributed by atoms with E-state index >= 15 is 0 Å². The highest BCUT2D eigenvalue weighted by atomic mass is 16.3. The van der Waals surface area contributed by atoms with E-state index < -0.39 is 0 Å². The summed E-state index contributed by atoms with van der Waals surface area (Å²) in [5.74, 6) is 0.369. The molecule has 0 radical (unpaired) electrons. The normalized spacial score (nSPS) is 14.9. The molecule has 4 heteroatoms. The number of fused-ring (bicyclic) bond motifs is 1. The van der Waals surface area contributed by atoms with Crippen molar-refractivity contribution in [2.75, 3.05) is 13.1 Å². The number of rotatable bonds is 3. The van der Waals surface area contributed by atoms with Crippen molar-refractivity contribution in [2.24, 2.45) is 0 Å². The van der Waals surface area contributed by atoms with Gasteiger partial charge in [-0.1, -0.05) is 31.2 Å². The van der Waals surface area contributed by atoms with E-state index in [1.165, 1.54) is 33.9 Å². The third-order valence-electron chi connectivity index (χ3n) is 4.76. The number of nitrogens with zero attached hydrogens (tertiary/aromatic N) is 1. The van der Waals surface area contributed by atoms with Gasteiger partial charge in [0.15, 0.2) is 5.76 Å². The molecule has 24 heavy (non-hydrogen) atoms. The Morgan fingerprint density at radius 2 is 2.21 bits per heavy atom. The first-order valence-corrected chi connectivity index (χ1v) is 8.39. The number of para-hydroxylation sites is 1. The zero-order valence-corrected chi connectivity index (χ0v) is 13.7. The first kappa shape index (κ1) is 14.8. The maximum absolute atomic E-state index is 12.3. The van der Waals surface area contributed by atoms with Crippen molar-refractivity contribution in [3.63, 3.8) is 0 Å². The number of benzene rings is 1. The molecule has 3 aromatic rings. The zero-order valence-electron chi connectivity index (χ0n) is 13.7. The molecule has 1 aliphatic heterocycles. The van der Waals surface area contributed by atoms with E-state index in [1.807, 2.05) is 4.90 Å². The minimum atomic E-state index is -0.0394. The fourth-order valence-electron chi connectivity index (χ4n) is 3.43. The maximum Gasteiger partial charge on any atom is 0.289 e. The molecule has 1 amide bonds. The van der Waals surface area contributed by atoms with Crippen molar-refractivity contribution >= 4 is 22.4 Å². The largest absolute Gasteiger partial charge is 0.459 e. The number of carbonyl (C=O) groups excluding carboxylic acids is 1. The Balaban J connectivity index is 1.60. The molecular weight excluding hydrogens is 300 g/mol. The Labute approximate surface area is 140 Å². The van der Waals surface area contributed by atoms with Gasteiger partial charge in [-0.2, -0.15) is 0 Å². The van der Waals surface area contributed by atoms with Gasteiger partial charge in [0.1, 0.15) is 0 Å². The summed E-state index contributed by atoms with van der Waals surface area (Å²) in [5, 5.41) is 1.27. The predicted molar refractivity (Wildman–Crippen MR) is 94.9 cm³/mol. The van der Waals surface area contributed by atoms with Crippen molar-refractivity contribution in [2.45, 2.75) is 19.8 Å². The number of hydrogen-bond acceptors (Lipinski definition) is 2. The van der Waals surface area contributed by atoms with Crippen LogP contribution in [0.1, 0.15) is 35.0 Å². The molecule has 4 nitrogen and oxygen atoms in total. The molecule has 3 heterocycles. The van der Waals surface area contributed by atoms with E-state index in [9.17, 15) is 4.79 Å². The first-order valence-electron chi connectivity index (χ1n) is 8.39. The van der Waals surface area contributed by atoms with E-state index in [0.29, 0.717) is 18.8 Å². The van der Waals surface area contributed by atoms with Crippen molar-refractivity contribution in [3.8, 4) is 0 Å². The lowest BCUT2D eigenvalue weighted by molar-refractivity contribution is 0.0741. The van der Waals surface area contributed by atoms with Crippen LogP contribution in [0.3, 0.4) is 0 Å². The lowest BCUT2D eigenvalue weighted by atomic mass is 9.97. The van der Waals surface area contributed by atoms with Crippen LogP contribution in [0.25, 0.3) is 16.5 Å². The molecule has 0 bridgehead atoms. The highest BCUT2D eigenvalue weighted by molar-refractivity contribution is 5.95. The van der Waals surface area contributed by atoms with Gasteiger partial charge >= 0.3 is 0 Å². The van der Waals surface area contributed by atoms with Gasteiger partial charge in [0.25, 0.3) is 5.91 Å². The summed E-state index contributed by atoms with van der Waals surface area (Å²) in [6.45, 7) is 3.51. The quantitative estimate of drug-likeness (QED) is 0.784. The second-order valence-corrected chi connectivity index (χ2v) is 6.10. The molecule has 0 atom stereocenters. The summed E-state index contributed by atoms with van der Waals surface area (Å²) < 4.78 is 5.21. The molecule has 2 aromatic heterocycles. The van der Waals surface area contributed by atoms with Gasteiger partial charge in [-0.3, -0.25) is 4.79 Å². The summed E-state index contributed by atoms with van der Waals surface area (Å²) >= 11 is 0. The van der Waals surface area contributed by atoms with Crippen LogP contribution < -0.4 is 0 Å². The summed E-state index contributed by atoms with van der Waals surface area (Å²) in [5.41, 5.74) is 5.12. The van der Waals surface area contributed by atoms with E-state index in [2.05, 4.69) is 42.4 Å². The fourth-order valence-corrected chi connectivity index (χ4v) is 3.43. The molecule has 0 saturated carbocycles. The van der Waals surface area contributed by atoms with Crippen molar-refractivity contribution < 1.29 is 9.21 Å². The molecule has 0 spiro atoms. The van der Waals surface area contributed by atoms with Gasteiger partial charge in [0.05, 0.1) is 6.26 Å². The zero-order chi connectivity index (χ0) is 16.5. The lowest BCUT2D eigenvalue weighted by Gasteiger charge is -2.25. The third kappa shape index (κ3) is 2.44. The summed E-state index contributed by atoms with van der Waals surface area (Å²) in [6.07, 6.45) is 7.67. The van der Waals surface area contributed by atoms with Crippen molar-refractivity contribution in [1.82, 2.24) is 9.88 Å². The van der Waals surface area contributed by atoms with Crippen LogP contribution in [0.15, 0.2) is 53.3 Å². The van der Waals surface area contributed by atoms with Crippen LogP contribution in [0, 0.1) is 0 Å². The highest BCUT2D eigenvalue weighted by Gasteiger charge is 2.22. The number of H-pyrrole nitrogens is 1. The second kappa shape index (κ2) is 6.04. The second-order valence-electron chi connectivity index (χ2n) is 6.10. The Bertz CT molecular complexity index is 903. The first-order chi connectivity index (χ1) is 11.8. The number of amides is 1. The van der Waals surface area contributed by atoms with E-state index in [4.69, 9.17) is 4.42 Å². The van der Waals surface area contributed by atoms with Crippen molar-refractivity contribution in [3.05, 3.63) is 65.8 Å². The fraction of sp³-hybridized carbons (Fsp3) is 0.250. The summed E-state index contributed by atoms with van der Waals surface area (Å²) in [6, 6.07) is 9.92. The van der Waals surface area contributed by atoms with Gasteiger partial charge in [-0.25, -0.2) is 0 Å². The molecule has 1 aliphatic rings. The Hall–Kier alpha value is -2.75. The topological polar surface area (TPSA) is 49.2 Å². The molecule has 122 valence electrons. The number of hydrogen-bond donors (Lipinski definition) is 1. The Morgan fingerprint density at radius 3 is 2.92 bits per heavy atom. The van der Waals surface area contributed by atoms with Gasteiger partial charge in [0, 0.05) is 35.8 Å². The predicted octanol–water partition coefficient (Wildman–Crippen LogP) is 4.25.